The van der Waals surface area contributed by atoms with Gasteiger partial charge in [0.05, 0.1) is 17.2 Å². The summed E-state index contributed by atoms with van der Waals surface area (Å²) in [5.41, 5.74) is 8.70. The summed E-state index contributed by atoms with van der Waals surface area (Å²) in [5.74, 6) is 0.576. The van der Waals surface area contributed by atoms with E-state index in [1.165, 1.54) is 6.42 Å². The molecule has 0 amide bonds. The average molecular weight is 183 g/mol. The molecular weight excluding hydrogens is 170 g/mol. The van der Waals surface area contributed by atoms with E-state index >= 15 is 0 Å². The second-order valence-corrected chi connectivity index (χ2v) is 3.85. The molecule has 66 valence electrons. The largest absolute Gasteiger partial charge is 0.330 e. The number of aromatic nitrogens is 1. The number of nitrogens with one attached hydrogen (secondary N) is 1. The van der Waals surface area contributed by atoms with Gasteiger partial charge in [0.25, 0.3) is 0 Å². The predicted molar refractivity (Wildman–Crippen MR) is 50.0 cm³/mol. The third-order valence-corrected chi connectivity index (χ3v) is 3.03. The molecule has 3 N–H and O–H groups in total. The number of hydrogen-bond donors (Lipinski definition) is 2. The number of nitrogens with two attached hydrogens (primary N) is 1. The molecular formula is C8H13N3S. The second-order valence-electron chi connectivity index (χ2n) is 3.13. The predicted octanol–water partition coefficient (Wildman–Crippen LogP) is 0.752. The van der Waals surface area contributed by atoms with Gasteiger partial charge in [0.15, 0.2) is 0 Å². The van der Waals surface area contributed by atoms with Crippen molar-refractivity contribution in [3.8, 4) is 0 Å². The Balaban J connectivity index is 2.13. The molecule has 2 unspecified atom stereocenters. The summed E-state index contributed by atoms with van der Waals surface area (Å²) in [7, 11) is 0. The van der Waals surface area contributed by atoms with Crippen molar-refractivity contribution in [2.24, 2.45) is 11.7 Å². The molecule has 2 heterocycles. The summed E-state index contributed by atoms with van der Waals surface area (Å²) >= 11 is 1.65. The molecule has 2 atom stereocenters. The van der Waals surface area contributed by atoms with E-state index in [9.17, 15) is 0 Å². The van der Waals surface area contributed by atoms with E-state index in [1.54, 1.807) is 11.3 Å². The Hall–Kier alpha value is -0.450. The van der Waals surface area contributed by atoms with Crippen molar-refractivity contribution in [1.82, 2.24) is 10.3 Å². The third kappa shape index (κ3) is 1.37. The summed E-state index contributed by atoms with van der Waals surface area (Å²) in [4.78, 5) is 4.30. The fourth-order valence-corrected chi connectivity index (χ4v) is 2.32. The molecule has 4 heteroatoms. The number of rotatable bonds is 2. The van der Waals surface area contributed by atoms with Crippen LogP contribution in [0.2, 0.25) is 0 Å². The maximum Gasteiger partial charge on any atom is 0.0795 e. The summed E-state index contributed by atoms with van der Waals surface area (Å²) in [6, 6.07) is 0.404. The van der Waals surface area contributed by atoms with Crippen LogP contribution in [0.25, 0.3) is 0 Å². The Kier molecular flexibility index (Phi) is 2.39. The Morgan fingerprint density at radius 1 is 1.75 bits per heavy atom. The highest BCUT2D eigenvalue weighted by atomic mass is 32.1. The van der Waals surface area contributed by atoms with E-state index < -0.39 is 0 Å². The maximum absolute atomic E-state index is 5.67. The molecule has 1 saturated heterocycles. The highest BCUT2D eigenvalue weighted by molar-refractivity contribution is 7.07. The van der Waals surface area contributed by atoms with Gasteiger partial charge in [-0.2, -0.15) is 0 Å². The van der Waals surface area contributed by atoms with Gasteiger partial charge in [-0.1, -0.05) is 0 Å². The minimum Gasteiger partial charge on any atom is -0.330 e. The van der Waals surface area contributed by atoms with Gasteiger partial charge < -0.3 is 11.1 Å². The fraction of sp³-hybridized carbons (Fsp3) is 0.625. The van der Waals surface area contributed by atoms with Crippen LogP contribution in [-0.4, -0.2) is 18.1 Å². The fourth-order valence-electron chi connectivity index (χ4n) is 1.73. The highest BCUT2D eigenvalue weighted by Gasteiger charge is 2.27. The van der Waals surface area contributed by atoms with E-state index in [4.69, 9.17) is 5.73 Å². The van der Waals surface area contributed by atoms with Crippen LogP contribution >= 0.6 is 11.3 Å². The van der Waals surface area contributed by atoms with Gasteiger partial charge in [-0.15, -0.1) is 11.3 Å². The normalized spacial score (nSPS) is 29.4. The van der Waals surface area contributed by atoms with Crippen molar-refractivity contribution >= 4 is 11.3 Å². The van der Waals surface area contributed by atoms with E-state index in [0.29, 0.717) is 12.0 Å². The Labute approximate surface area is 76.0 Å². The van der Waals surface area contributed by atoms with Crippen LogP contribution in [0.5, 0.6) is 0 Å². The molecule has 1 aromatic rings. The number of thiazole rings is 1. The molecule has 2 rings (SSSR count). The van der Waals surface area contributed by atoms with E-state index in [2.05, 4.69) is 15.7 Å². The zero-order valence-corrected chi connectivity index (χ0v) is 7.68. The van der Waals surface area contributed by atoms with Gasteiger partial charge >= 0.3 is 0 Å². The van der Waals surface area contributed by atoms with Crippen molar-refractivity contribution in [3.63, 3.8) is 0 Å². The van der Waals surface area contributed by atoms with Crippen LogP contribution in [0, 0.1) is 5.92 Å². The first-order valence-corrected chi connectivity index (χ1v) is 5.17. The first kappa shape index (κ1) is 8.16. The molecule has 1 fully saturated rings. The van der Waals surface area contributed by atoms with E-state index in [-0.39, 0.29) is 0 Å². The van der Waals surface area contributed by atoms with Crippen LogP contribution in [0.3, 0.4) is 0 Å². The van der Waals surface area contributed by atoms with Crippen molar-refractivity contribution in [1.29, 1.82) is 0 Å². The van der Waals surface area contributed by atoms with Crippen LogP contribution in [0.4, 0.5) is 0 Å². The van der Waals surface area contributed by atoms with Crippen LogP contribution in [0.1, 0.15) is 18.2 Å². The van der Waals surface area contributed by atoms with Gasteiger partial charge in [0, 0.05) is 5.38 Å². The SMILES string of the molecule is NCC1CCNC1c1cscn1. The molecule has 3 nitrogen and oxygen atoms in total. The Morgan fingerprint density at radius 3 is 3.33 bits per heavy atom. The third-order valence-electron chi connectivity index (χ3n) is 2.42. The molecule has 0 bridgehead atoms. The smallest absolute Gasteiger partial charge is 0.0795 e. The lowest BCUT2D eigenvalue weighted by Gasteiger charge is -2.14. The Morgan fingerprint density at radius 2 is 2.67 bits per heavy atom. The average Bonchev–Trinajstić information content (AvgIpc) is 2.74. The Bertz CT molecular complexity index is 234. The van der Waals surface area contributed by atoms with E-state index in [1.807, 2.05) is 5.51 Å². The van der Waals surface area contributed by atoms with Gasteiger partial charge in [-0.3, -0.25) is 0 Å². The van der Waals surface area contributed by atoms with Crippen molar-refractivity contribution in [3.05, 3.63) is 16.6 Å². The van der Waals surface area contributed by atoms with Crippen LogP contribution < -0.4 is 11.1 Å². The monoisotopic (exact) mass is 183 g/mol. The van der Waals surface area contributed by atoms with Crippen molar-refractivity contribution in [2.45, 2.75) is 12.5 Å². The molecule has 0 radical (unpaired) electrons. The highest BCUT2D eigenvalue weighted by Crippen LogP contribution is 2.27. The number of hydrogen-bond acceptors (Lipinski definition) is 4. The molecule has 1 aliphatic heterocycles. The molecule has 1 aromatic heterocycles. The van der Waals surface area contributed by atoms with Gasteiger partial charge in [0.1, 0.15) is 0 Å². The molecule has 1 aliphatic rings. The molecule has 0 spiro atoms. The molecule has 0 saturated carbocycles. The molecule has 12 heavy (non-hydrogen) atoms. The lowest BCUT2D eigenvalue weighted by Crippen LogP contribution is -2.23. The standard InChI is InChI=1S/C8H13N3S/c9-3-6-1-2-10-8(6)7-4-12-5-11-7/h4-6,8,10H,1-3,9H2. The summed E-state index contributed by atoms with van der Waals surface area (Å²) in [6.45, 7) is 1.83. The van der Waals surface area contributed by atoms with Crippen molar-refractivity contribution < 1.29 is 0 Å². The summed E-state index contributed by atoms with van der Waals surface area (Å²) in [5, 5.41) is 5.53. The van der Waals surface area contributed by atoms with Gasteiger partial charge in [-0.05, 0) is 25.4 Å². The summed E-state index contributed by atoms with van der Waals surface area (Å²) in [6.07, 6.45) is 1.18. The van der Waals surface area contributed by atoms with Crippen LogP contribution in [0.15, 0.2) is 10.9 Å². The molecule has 0 aliphatic carbocycles. The second kappa shape index (κ2) is 3.51. The quantitative estimate of drug-likeness (QED) is 0.711. The maximum atomic E-state index is 5.67. The zero-order valence-electron chi connectivity index (χ0n) is 6.86. The van der Waals surface area contributed by atoms with E-state index in [0.717, 1.165) is 18.8 Å². The first-order chi connectivity index (χ1) is 5.92. The molecule has 0 aromatic carbocycles. The minimum absolute atomic E-state index is 0.404. The van der Waals surface area contributed by atoms with Gasteiger partial charge in [-0.25, -0.2) is 4.98 Å². The minimum atomic E-state index is 0.404. The number of nitrogens with zero attached hydrogens (tertiary/aromatic N) is 1. The zero-order chi connectivity index (χ0) is 8.39. The lowest BCUT2D eigenvalue weighted by atomic mass is 9.99. The topological polar surface area (TPSA) is 50.9 Å². The van der Waals surface area contributed by atoms with Gasteiger partial charge in [0.2, 0.25) is 0 Å². The summed E-state index contributed by atoms with van der Waals surface area (Å²) < 4.78 is 0. The van der Waals surface area contributed by atoms with Crippen molar-refractivity contribution in [2.75, 3.05) is 13.1 Å². The lowest BCUT2D eigenvalue weighted by molar-refractivity contribution is 0.465. The van der Waals surface area contributed by atoms with Crippen LogP contribution in [-0.2, 0) is 0 Å². The first-order valence-electron chi connectivity index (χ1n) is 4.23.